The molecular formula is C102H108Cr2N12O18. The third-order valence-electron chi connectivity index (χ3n) is 25.9. The Bertz CT molecular complexity index is 6450. The molecule has 696 valence electrons. The molecule has 15 heterocycles. The zero-order valence-electron chi connectivity index (χ0n) is 78.0. The average molecular weight is 1890 g/mol. The summed E-state index contributed by atoms with van der Waals surface area (Å²) in [4.78, 5) is 119. The van der Waals surface area contributed by atoms with Crippen LogP contribution in [0.25, 0.3) is 133 Å². The first-order chi connectivity index (χ1) is 62.3. The number of nitrogens with zero attached hydrogens (tertiary/aromatic N) is 6. The van der Waals surface area contributed by atoms with Gasteiger partial charge in [-0.1, -0.05) is 0 Å². The third-order valence-corrected chi connectivity index (χ3v) is 25.9. The maximum Gasteiger partial charge on any atom is 3.00 e. The van der Waals surface area contributed by atoms with Crippen LogP contribution >= 0.6 is 0 Å². The number of carbonyl (C=O) groups is 6. The predicted molar refractivity (Wildman–Crippen MR) is 496 cm³/mol. The van der Waals surface area contributed by atoms with E-state index in [2.05, 4.69) is 29.9 Å². The van der Waals surface area contributed by atoms with Gasteiger partial charge in [-0.25, -0.2) is 29.9 Å². The standard InChI is InChI=1S/3C34H38N4O6.2Cr/c3*1-15-21(7-9-31(41)42)27-14-28-22(8-10-32(43)44)16(2)24(36-28)12-29-34(20(6)40)18(4)26(38-29)13-30-33(19(5)39)17(3)25(37-30)11-23(15)35-27;;/h3*11-14,19-20,36-37,39-40H,7-10H2,1-6H3,(H,41,42)(H,43,44);;/q;;;2*+3/p-6. The molecule has 0 saturated heterocycles. The van der Waals surface area contributed by atoms with Crippen molar-refractivity contribution >= 4 is 169 Å². The molecule has 0 spiro atoms. The second kappa shape index (κ2) is 41.5. The Kier molecular flexibility index (Phi) is 31.6. The number of hydrogen-bond acceptors (Lipinski definition) is 24. The first-order valence-electron chi connectivity index (χ1n) is 44.0. The number of hydrogen-bond donors (Lipinski definition) is 12. The van der Waals surface area contributed by atoms with Gasteiger partial charge in [0, 0.05) is 135 Å². The van der Waals surface area contributed by atoms with E-state index in [9.17, 15) is 90.0 Å². The van der Waals surface area contributed by atoms with Crippen LogP contribution in [0.5, 0.6) is 0 Å². The summed E-state index contributed by atoms with van der Waals surface area (Å²) in [6.07, 6.45) is -4.69. The number of carboxylic acids is 6. The van der Waals surface area contributed by atoms with E-state index in [1.807, 2.05) is 156 Å². The maximum atomic E-state index is 11.4. The van der Waals surface area contributed by atoms with Gasteiger partial charge in [0.1, 0.15) is 0 Å². The quantitative estimate of drug-likeness (QED) is 0.0267. The van der Waals surface area contributed by atoms with Gasteiger partial charge in [-0.15, -0.1) is 0 Å². The van der Waals surface area contributed by atoms with Crippen molar-refractivity contribution < 1.29 is 125 Å². The van der Waals surface area contributed by atoms with Crippen molar-refractivity contribution in [3.63, 3.8) is 0 Å². The molecule has 12 N–H and O–H groups in total. The fourth-order valence-electron chi connectivity index (χ4n) is 18.9. The average Bonchev–Trinajstić information content (AvgIpc) is 1.62. The molecule has 2 radical (unpaired) electrons. The topological polar surface area (TPSA) is 534 Å². The van der Waals surface area contributed by atoms with Crippen LogP contribution in [-0.2, 0) is 82.8 Å². The molecule has 0 amide bonds. The summed E-state index contributed by atoms with van der Waals surface area (Å²) in [5, 5.41) is 133. The zero-order valence-corrected chi connectivity index (χ0v) is 80.5. The van der Waals surface area contributed by atoms with E-state index in [0.717, 1.165) is 117 Å². The number of allylic oxidation sites excluding steroid dienone is 9. The number of fused-ring (bicyclic) bond motifs is 24. The van der Waals surface area contributed by atoms with Gasteiger partial charge >= 0.3 is 34.7 Å². The number of rotatable bonds is 24. The molecule has 15 rings (SSSR count). The number of H-pyrrole nitrogens is 6. The fourth-order valence-corrected chi connectivity index (χ4v) is 18.9. The van der Waals surface area contributed by atoms with Crippen LogP contribution in [0.3, 0.4) is 0 Å². The van der Waals surface area contributed by atoms with Crippen molar-refractivity contribution in [3.05, 3.63) is 208 Å². The summed E-state index contributed by atoms with van der Waals surface area (Å²) in [5.74, 6) is -7.02. The van der Waals surface area contributed by atoms with Crippen molar-refractivity contribution in [2.45, 2.75) is 238 Å². The van der Waals surface area contributed by atoms with Gasteiger partial charge in [0.2, 0.25) is 0 Å². The predicted octanol–water partition coefficient (Wildman–Crippen LogP) is 10.3. The Morgan fingerprint density at radius 3 is 0.619 bits per heavy atom. The van der Waals surface area contributed by atoms with E-state index >= 15 is 0 Å². The van der Waals surface area contributed by atoms with E-state index in [1.165, 1.54) is 0 Å². The third kappa shape index (κ3) is 21.2. The van der Waals surface area contributed by atoms with Gasteiger partial charge in [-0.05, 0) is 375 Å². The number of carbonyl (C=O) groups excluding carboxylic acids is 6. The molecule has 6 atom stereocenters. The Balaban J connectivity index is 0.000000192. The Morgan fingerprint density at radius 2 is 0.410 bits per heavy atom. The number of aliphatic carboxylic acids is 6. The molecular weight excluding hydrogens is 1790 g/mol. The minimum Gasteiger partial charge on any atom is -0.550 e. The molecule has 24 bridgehead atoms. The SMILES string of the molecule is CC1=C(CCC(=O)[O-])c2cc3[nH]c(cc4nc(cc5[nH]c(cc1n2)c(C)c5C(C)O)C(C)=C4C(C)O)c(C)c3CCC(=O)[O-].CC1=C(CCC(=O)[O-])c2cc3[nH]c(cc4nc(cc5[nH]c(cc1n2)c(C)c5C(C)O)C(C)=C4C(C)O)c(C)c3CCC(=O)[O-].CC1=C(CCC(=O)[O-])c2cc3[nH]c(cc4nc(cc5[nH]c(cc1n2)c(C)c5C(C)O)C(C)=C4C(C)O)c(C)c3CCC(=O)[O-].[Cr+3].[Cr+3]. The minimum atomic E-state index is -1.17. The first-order valence-corrected chi connectivity index (χ1v) is 44.0. The van der Waals surface area contributed by atoms with E-state index in [-0.39, 0.29) is 112 Å². The van der Waals surface area contributed by atoms with Crippen molar-refractivity contribution in [2.24, 2.45) is 0 Å². The number of carboxylic acid groups (broad SMARTS) is 6. The van der Waals surface area contributed by atoms with E-state index < -0.39 is 72.4 Å². The van der Waals surface area contributed by atoms with Gasteiger partial charge in [0.15, 0.2) is 0 Å². The van der Waals surface area contributed by atoms with Crippen LogP contribution in [0.2, 0.25) is 0 Å². The number of aromatic nitrogens is 12. The van der Waals surface area contributed by atoms with Crippen LogP contribution in [0.4, 0.5) is 0 Å². The monoisotopic (exact) mass is 1890 g/mol. The Hall–Kier alpha value is -12.6. The van der Waals surface area contributed by atoms with Gasteiger partial charge in [-0.2, -0.15) is 0 Å². The molecule has 9 aromatic rings. The summed E-state index contributed by atoms with van der Waals surface area (Å²) in [6, 6.07) is 22.2. The molecule has 134 heavy (non-hydrogen) atoms. The number of aliphatic hydroxyl groups excluding tert-OH is 6. The van der Waals surface area contributed by atoms with Crippen molar-refractivity contribution in [1.82, 2.24) is 59.8 Å². The first kappa shape index (κ1) is 102. The smallest absolute Gasteiger partial charge is 0.550 e. The van der Waals surface area contributed by atoms with Gasteiger partial charge in [0.25, 0.3) is 0 Å². The normalized spacial score (nSPS) is 14.5. The summed E-state index contributed by atoms with van der Waals surface area (Å²) < 4.78 is 0. The molecule has 0 saturated carbocycles. The maximum absolute atomic E-state index is 11.4. The molecule has 0 aliphatic carbocycles. The van der Waals surface area contributed by atoms with Crippen LogP contribution in [-0.4, -0.2) is 145 Å². The largest absolute Gasteiger partial charge is 3.00 e. The zero-order chi connectivity index (χ0) is 96.1. The molecule has 32 heteroatoms. The van der Waals surface area contributed by atoms with Crippen molar-refractivity contribution in [3.8, 4) is 0 Å². The number of aliphatic hydroxyl groups is 6. The van der Waals surface area contributed by atoms with Crippen molar-refractivity contribution in [1.29, 1.82) is 0 Å². The number of aryl methyl sites for hydroxylation is 9. The van der Waals surface area contributed by atoms with Gasteiger partial charge < -0.3 is 120 Å². The van der Waals surface area contributed by atoms with Gasteiger partial charge in [0.05, 0.1) is 105 Å². The van der Waals surface area contributed by atoms with Crippen LogP contribution in [0.1, 0.15) is 294 Å². The molecule has 6 aliphatic heterocycles. The summed E-state index contributed by atoms with van der Waals surface area (Å²) >= 11 is 0. The van der Waals surface area contributed by atoms with Crippen LogP contribution < -0.4 is 30.6 Å². The molecule has 6 unspecified atom stereocenters. The fraction of sp³-hybridized carbons (Fsp3) is 0.353. The Labute approximate surface area is 794 Å². The molecule has 9 aromatic heterocycles. The van der Waals surface area contributed by atoms with Gasteiger partial charge in [-0.3, -0.25) is 0 Å². The second-order valence-electron chi connectivity index (χ2n) is 34.9. The molecule has 6 aliphatic rings. The Morgan fingerprint density at radius 1 is 0.239 bits per heavy atom. The number of aromatic amines is 6. The summed E-state index contributed by atoms with van der Waals surface area (Å²) in [6.45, 7) is 32.9. The number of nitrogens with one attached hydrogen (secondary N) is 6. The van der Waals surface area contributed by atoms with E-state index in [0.29, 0.717) is 151 Å². The molecule has 0 fully saturated rings. The minimum absolute atomic E-state index is 0. The summed E-state index contributed by atoms with van der Waals surface area (Å²) in [7, 11) is 0. The van der Waals surface area contributed by atoms with Crippen LogP contribution in [0, 0.1) is 41.5 Å². The molecule has 30 nitrogen and oxygen atoms in total. The van der Waals surface area contributed by atoms with E-state index in [4.69, 9.17) is 29.9 Å². The molecule has 0 aromatic carbocycles. The summed E-state index contributed by atoms with van der Waals surface area (Å²) in [5.41, 5.74) is 33.8. The van der Waals surface area contributed by atoms with E-state index in [1.54, 1.807) is 41.5 Å². The second-order valence-corrected chi connectivity index (χ2v) is 34.9. The van der Waals surface area contributed by atoms with Crippen LogP contribution in [0.15, 0.2) is 72.8 Å². The van der Waals surface area contributed by atoms with Crippen molar-refractivity contribution in [2.75, 3.05) is 0 Å².